The monoisotopic (exact) mass is 325 g/mol. The van der Waals surface area contributed by atoms with Crippen molar-refractivity contribution < 1.29 is 4.79 Å². The fourth-order valence-corrected chi connectivity index (χ4v) is 3.98. The number of aromatic amines is 1. The van der Waals surface area contributed by atoms with Crippen molar-refractivity contribution in [3.63, 3.8) is 0 Å². The zero-order chi connectivity index (χ0) is 15.8. The summed E-state index contributed by atoms with van der Waals surface area (Å²) >= 11 is 1.50. The van der Waals surface area contributed by atoms with E-state index in [1.165, 1.54) is 11.3 Å². The van der Waals surface area contributed by atoms with Crippen molar-refractivity contribution in [3.8, 4) is 0 Å². The summed E-state index contributed by atoms with van der Waals surface area (Å²) in [6.07, 6.45) is 2.26. The number of nitrogens with zero attached hydrogens (tertiary/aromatic N) is 1. The van der Waals surface area contributed by atoms with Crippen LogP contribution in [0, 0.1) is 0 Å². The Kier molecular flexibility index (Phi) is 3.46. The van der Waals surface area contributed by atoms with Crippen LogP contribution < -0.4 is 10.9 Å². The number of aromatic nitrogens is 2. The molecule has 23 heavy (non-hydrogen) atoms. The maximum atomic E-state index is 12.5. The quantitative estimate of drug-likeness (QED) is 0.759. The first-order valence-electron chi connectivity index (χ1n) is 7.56. The molecule has 0 bridgehead atoms. The van der Waals surface area contributed by atoms with Crippen LogP contribution >= 0.6 is 11.3 Å². The number of H-pyrrole nitrogens is 1. The summed E-state index contributed by atoms with van der Waals surface area (Å²) in [5, 5.41) is 10.7. The fourth-order valence-electron chi connectivity index (χ4n) is 3.01. The van der Waals surface area contributed by atoms with Crippen molar-refractivity contribution in [3.05, 3.63) is 62.9 Å². The minimum absolute atomic E-state index is 0.0440. The van der Waals surface area contributed by atoms with E-state index in [-0.39, 0.29) is 17.5 Å². The lowest BCUT2D eigenvalue weighted by atomic mass is 9.92. The van der Waals surface area contributed by atoms with Crippen LogP contribution in [-0.2, 0) is 12.8 Å². The first-order chi connectivity index (χ1) is 11.2. The average molecular weight is 325 g/mol. The number of amides is 1. The van der Waals surface area contributed by atoms with Gasteiger partial charge in [-0.15, -0.1) is 11.3 Å². The first-order valence-corrected chi connectivity index (χ1v) is 8.37. The molecule has 0 saturated heterocycles. The lowest BCUT2D eigenvalue weighted by Gasteiger charge is -2.24. The predicted octanol–water partition coefficient (Wildman–Crippen LogP) is 2.27. The molecule has 0 saturated carbocycles. The Morgan fingerprint density at radius 3 is 3.04 bits per heavy atom. The number of carbonyl (C=O) groups is 1. The van der Waals surface area contributed by atoms with Gasteiger partial charge in [-0.3, -0.25) is 9.59 Å². The fraction of sp³-hybridized carbons (Fsp3) is 0.235. The molecule has 1 atom stereocenters. The summed E-state index contributed by atoms with van der Waals surface area (Å²) in [5.74, 6) is -0.0440. The molecule has 116 valence electrons. The molecule has 2 aromatic heterocycles. The maximum Gasteiger partial charge on any atom is 0.264 e. The molecule has 0 radical (unpaired) electrons. The molecular formula is C17H15N3O2S. The summed E-state index contributed by atoms with van der Waals surface area (Å²) in [6.45, 7) is 0. The van der Waals surface area contributed by atoms with Crippen LogP contribution in [0.15, 0.2) is 41.2 Å². The van der Waals surface area contributed by atoms with E-state index in [9.17, 15) is 9.59 Å². The Bertz CT molecular complexity index is 911. The number of aryl methyl sites for hydroxylation is 1. The van der Waals surface area contributed by atoms with Gasteiger partial charge in [0.1, 0.15) is 0 Å². The molecule has 0 spiro atoms. The Balaban J connectivity index is 1.52. The molecule has 2 N–H and O–H groups in total. The predicted molar refractivity (Wildman–Crippen MR) is 90.0 cm³/mol. The standard InChI is InChI=1S/C17H15N3O2S/c21-16-9-11-7-12(5-6-13(11)19-20-16)18-17(22)15-8-10-3-1-2-4-14(10)23-15/h1-4,8-9,12H,5-7H2,(H,18,22)(H,20,21). The van der Waals surface area contributed by atoms with Gasteiger partial charge in [0.25, 0.3) is 11.5 Å². The topological polar surface area (TPSA) is 74.8 Å². The van der Waals surface area contributed by atoms with Gasteiger partial charge in [0.05, 0.1) is 10.6 Å². The van der Waals surface area contributed by atoms with Crippen LogP contribution in [-0.4, -0.2) is 22.1 Å². The van der Waals surface area contributed by atoms with Crippen LogP contribution in [0.25, 0.3) is 10.1 Å². The molecule has 1 aliphatic rings. The normalized spacial score (nSPS) is 17.0. The van der Waals surface area contributed by atoms with Gasteiger partial charge in [0, 0.05) is 16.8 Å². The molecule has 3 aromatic rings. The SMILES string of the molecule is O=C(NC1CCc2n[nH]c(=O)cc2C1)c1cc2ccccc2s1. The van der Waals surface area contributed by atoms with E-state index in [0.717, 1.165) is 39.1 Å². The molecule has 2 heterocycles. The molecule has 1 unspecified atom stereocenters. The number of rotatable bonds is 2. The zero-order valence-corrected chi connectivity index (χ0v) is 13.2. The molecule has 1 aliphatic carbocycles. The number of thiophene rings is 1. The van der Waals surface area contributed by atoms with Crippen LogP contribution in [0.3, 0.4) is 0 Å². The lowest BCUT2D eigenvalue weighted by Crippen LogP contribution is -2.39. The van der Waals surface area contributed by atoms with Gasteiger partial charge in [-0.25, -0.2) is 5.10 Å². The lowest BCUT2D eigenvalue weighted by molar-refractivity contribution is 0.0937. The van der Waals surface area contributed by atoms with E-state index < -0.39 is 0 Å². The molecule has 5 nitrogen and oxygen atoms in total. The van der Waals surface area contributed by atoms with Gasteiger partial charge < -0.3 is 5.32 Å². The van der Waals surface area contributed by atoms with E-state index in [0.29, 0.717) is 6.42 Å². The van der Waals surface area contributed by atoms with E-state index >= 15 is 0 Å². The minimum atomic E-state index is -0.194. The summed E-state index contributed by atoms with van der Waals surface area (Å²) < 4.78 is 1.11. The number of hydrogen-bond donors (Lipinski definition) is 2. The summed E-state index contributed by atoms with van der Waals surface area (Å²) in [6, 6.07) is 11.5. The van der Waals surface area contributed by atoms with Crippen molar-refractivity contribution in [1.29, 1.82) is 0 Å². The second-order valence-electron chi connectivity index (χ2n) is 5.77. The number of carbonyl (C=O) groups excluding carboxylic acids is 1. The second-order valence-corrected chi connectivity index (χ2v) is 6.85. The highest BCUT2D eigenvalue weighted by molar-refractivity contribution is 7.20. The highest BCUT2D eigenvalue weighted by Crippen LogP contribution is 2.26. The highest BCUT2D eigenvalue weighted by Gasteiger charge is 2.22. The van der Waals surface area contributed by atoms with E-state index in [4.69, 9.17) is 0 Å². The zero-order valence-electron chi connectivity index (χ0n) is 12.3. The molecule has 6 heteroatoms. The van der Waals surface area contributed by atoms with Gasteiger partial charge >= 0.3 is 0 Å². The first kappa shape index (κ1) is 14.1. The largest absolute Gasteiger partial charge is 0.348 e. The Morgan fingerprint density at radius 2 is 2.17 bits per heavy atom. The minimum Gasteiger partial charge on any atom is -0.348 e. The Morgan fingerprint density at radius 1 is 1.30 bits per heavy atom. The number of fused-ring (bicyclic) bond motifs is 2. The molecule has 1 amide bonds. The van der Waals surface area contributed by atoms with Crippen molar-refractivity contribution in [1.82, 2.24) is 15.5 Å². The number of hydrogen-bond acceptors (Lipinski definition) is 4. The Hall–Kier alpha value is -2.47. The van der Waals surface area contributed by atoms with E-state index in [1.807, 2.05) is 30.3 Å². The smallest absolute Gasteiger partial charge is 0.264 e. The van der Waals surface area contributed by atoms with Crippen molar-refractivity contribution in [2.45, 2.75) is 25.3 Å². The third-order valence-corrected chi connectivity index (χ3v) is 5.27. The van der Waals surface area contributed by atoms with Crippen LogP contribution in [0.2, 0.25) is 0 Å². The molecule has 0 aliphatic heterocycles. The van der Waals surface area contributed by atoms with Gasteiger partial charge in [0.15, 0.2) is 0 Å². The molecular weight excluding hydrogens is 310 g/mol. The molecule has 4 rings (SSSR count). The van der Waals surface area contributed by atoms with Gasteiger partial charge in [0.2, 0.25) is 0 Å². The number of nitrogens with one attached hydrogen (secondary N) is 2. The maximum absolute atomic E-state index is 12.5. The summed E-state index contributed by atoms with van der Waals surface area (Å²) in [7, 11) is 0. The molecule has 0 fully saturated rings. The number of benzene rings is 1. The average Bonchev–Trinajstić information content (AvgIpc) is 2.98. The van der Waals surface area contributed by atoms with Crippen molar-refractivity contribution in [2.75, 3.05) is 0 Å². The van der Waals surface area contributed by atoms with Gasteiger partial charge in [-0.2, -0.15) is 5.10 Å². The third kappa shape index (κ3) is 2.77. The van der Waals surface area contributed by atoms with Gasteiger partial charge in [-0.1, -0.05) is 18.2 Å². The van der Waals surface area contributed by atoms with E-state index in [1.54, 1.807) is 6.07 Å². The van der Waals surface area contributed by atoms with Gasteiger partial charge in [-0.05, 0) is 42.3 Å². The summed E-state index contributed by atoms with van der Waals surface area (Å²) in [4.78, 5) is 24.6. The van der Waals surface area contributed by atoms with Crippen LogP contribution in [0.1, 0.15) is 27.3 Å². The van der Waals surface area contributed by atoms with E-state index in [2.05, 4.69) is 15.5 Å². The van der Waals surface area contributed by atoms with Crippen molar-refractivity contribution in [2.24, 2.45) is 0 Å². The third-order valence-electron chi connectivity index (χ3n) is 4.16. The second kappa shape index (κ2) is 5.62. The highest BCUT2D eigenvalue weighted by atomic mass is 32.1. The van der Waals surface area contributed by atoms with Crippen molar-refractivity contribution >= 4 is 27.3 Å². The molecule has 1 aromatic carbocycles. The van der Waals surface area contributed by atoms with Crippen LogP contribution in [0.4, 0.5) is 0 Å². The Labute approximate surface area is 136 Å². The summed E-state index contributed by atoms with van der Waals surface area (Å²) in [5.41, 5.74) is 1.67. The van der Waals surface area contributed by atoms with Crippen LogP contribution in [0.5, 0.6) is 0 Å².